The lowest BCUT2D eigenvalue weighted by Gasteiger charge is -2.21. The second-order valence-electron chi connectivity index (χ2n) is 8.61. The van der Waals surface area contributed by atoms with Gasteiger partial charge in [0.2, 0.25) is 0 Å². The van der Waals surface area contributed by atoms with Crippen LogP contribution in [-0.2, 0) is 4.79 Å². The second kappa shape index (κ2) is 9.76. The number of rotatable bonds is 6. The quantitative estimate of drug-likeness (QED) is 0.297. The van der Waals surface area contributed by atoms with Crippen molar-refractivity contribution in [3.05, 3.63) is 70.8 Å². The smallest absolute Gasteiger partial charge is 0.266 e. The molecule has 0 spiro atoms. The fourth-order valence-corrected chi connectivity index (χ4v) is 6.06. The molecule has 2 aliphatic rings. The third-order valence-electron chi connectivity index (χ3n) is 6.33. The summed E-state index contributed by atoms with van der Waals surface area (Å²) >= 11 is 7.01. The summed E-state index contributed by atoms with van der Waals surface area (Å²) in [7, 11) is 0. The van der Waals surface area contributed by atoms with E-state index < -0.39 is 0 Å². The van der Waals surface area contributed by atoms with Gasteiger partial charge in [0.25, 0.3) is 5.91 Å². The highest BCUT2D eigenvalue weighted by Gasteiger charge is 2.38. The van der Waals surface area contributed by atoms with Gasteiger partial charge in [0, 0.05) is 23.4 Å². The Morgan fingerprint density at radius 3 is 2.65 bits per heavy atom. The molecule has 2 aromatic carbocycles. The van der Waals surface area contributed by atoms with Crippen molar-refractivity contribution in [3.63, 3.8) is 0 Å². The number of amides is 1. The summed E-state index contributed by atoms with van der Waals surface area (Å²) in [5.74, 6) is 0.856. The van der Waals surface area contributed by atoms with E-state index in [0.717, 1.165) is 59.5 Å². The minimum absolute atomic E-state index is 0.0173. The molecule has 0 atom stereocenters. The van der Waals surface area contributed by atoms with Crippen LogP contribution < -0.4 is 4.74 Å². The van der Waals surface area contributed by atoms with E-state index in [2.05, 4.69) is 6.92 Å². The van der Waals surface area contributed by atoms with Crippen LogP contribution in [0.25, 0.3) is 23.0 Å². The molecule has 1 aromatic heterocycles. The van der Waals surface area contributed by atoms with Gasteiger partial charge in [-0.25, -0.2) is 4.68 Å². The summed E-state index contributed by atoms with van der Waals surface area (Å²) in [6, 6.07) is 16.3. The molecule has 2 heterocycles. The zero-order chi connectivity index (χ0) is 23.7. The van der Waals surface area contributed by atoms with E-state index in [-0.39, 0.29) is 11.9 Å². The number of hydrogen-bond acceptors (Lipinski definition) is 5. The molecule has 1 aliphatic carbocycles. The fourth-order valence-electron chi connectivity index (χ4n) is 4.67. The topological polar surface area (TPSA) is 47.4 Å². The first-order valence-electron chi connectivity index (χ1n) is 11.7. The predicted molar refractivity (Wildman–Crippen MR) is 142 cm³/mol. The lowest BCUT2D eigenvalue weighted by Crippen LogP contribution is -2.36. The third-order valence-corrected chi connectivity index (χ3v) is 7.66. The summed E-state index contributed by atoms with van der Waals surface area (Å²) in [5, 5.41) is 4.93. The van der Waals surface area contributed by atoms with Gasteiger partial charge in [0.05, 0.1) is 17.2 Å². The number of hydrogen-bond donors (Lipinski definition) is 0. The Morgan fingerprint density at radius 1 is 1.18 bits per heavy atom. The van der Waals surface area contributed by atoms with Gasteiger partial charge in [-0.2, -0.15) is 5.10 Å². The lowest BCUT2D eigenvalue weighted by molar-refractivity contribution is -0.123. The predicted octanol–water partition coefficient (Wildman–Crippen LogP) is 6.39. The highest BCUT2D eigenvalue weighted by atomic mass is 32.2. The van der Waals surface area contributed by atoms with Crippen molar-refractivity contribution >= 4 is 40.3 Å². The van der Waals surface area contributed by atoms with E-state index in [9.17, 15) is 4.79 Å². The standard InChI is InChI=1S/C27H27N3O2S2/c1-3-32-22-13-14-23(18(2)15-22)25-19(17-29(28-25)20-9-5-4-6-10-20)16-24-26(31)30(27(33)34-24)21-11-7-8-12-21/h4-6,9-10,13-17,21H,3,7-8,11-12H2,1-2H3/b24-16-. The summed E-state index contributed by atoms with van der Waals surface area (Å²) in [6.45, 7) is 4.66. The molecule has 0 radical (unpaired) electrons. The van der Waals surface area contributed by atoms with Gasteiger partial charge in [-0.1, -0.05) is 55.0 Å². The zero-order valence-corrected chi connectivity index (χ0v) is 21.0. The van der Waals surface area contributed by atoms with E-state index in [1.54, 1.807) is 0 Å². The van der Waals surface area contributed by atoms with E-state index in [1.807, 2.05) is 77.3 Å². The van der Waals surface area contributed by atoms with Gasteiger partial charge in [-0.05, 0) is 68.7 Å². The molecule has 0 N–H and O–H groups in total. The van der Waals surface area contributed by atoms with Gasteiger partial charge in [0.15, 0.2) is 0 Å². The molecule has 34 heavy (non-hydrogen) atoms. The van der Waals surface area contributed by atoms with Crippen molar-refractivity contribution in [2.24, 2.45) is 0 Å². The van der Waals surface area contributed by atoms with Crippen LogP contribution >= 0.6 is 24.0 Å². The van der Waals surface area contributed by atoms with Crippen LogP contribution in [0, 0.1) is 6.92 Å². The van der Waals surface area contributed by atoms with Crippen molar-refractivity contribution < 1.29 is 9.53 Å². The maximum atomic E-state index is 13.3. The molecule has 1 saturated heterocycles. The fraction of sp³-hybridized carbons (Fsp3) is 0.296. The van der Waals surface area contributed by atoms with Crippen molar-refractivity contribution in [1.82, 2.24) is 14.7 Å². The second-order valence-corrected chi connectivity index (χ2v) is 10.3. The number of aryl methyl sites for hydroxylation is 1. The average Bonchev–Trinajstić information content (AvgIpc) is 3.55. The van der Waals surface area contributed by atoms with Gasteiger partial charge in [-0.15, -0.1) is 0 Å². The molecule has 3 aromatic rings. The third kappa shape index (κ3) is 4.42. The van der Waals surface area contributed by atoms with Gasteiger partial charge < -0.3 is 4.74 Å². The van der Waals surface area contributed by atoms with Crippen LogP contribution in [0.1, 0.15) is 43.7 Å². The summed E-state index contributed by atoms with van der Waals surface area (Å²) in [5.41, 5.74) is 4.76. The van der Waals surface area contributed by atoms with Crippen LogP contribution in [0.2, 0.25) is 0 Å². The molecular weight excluding hydrogens is 462 g/mol. The number of nitrogens with zero attached hydrogens (tertiary/aromatic N) is 3. The van der Waals surface area contributed by atoms with Crippen LogP contribution in [0.5, 0.6) is 5.75 Å². The van der Waals surface area contributed by atoms with Crippen LogP contribution in [-0.4, -0.2) is 37.6 Å². The SMILES string of the molecule is CCOc1ccc(-c2nn(-c3ccccc3)cc2/C=C2\SC(=S)N(C3CCCC3)C2=O)c(C)c1. The first-order valence-corrected chi connectivity index (χ1v) is 12.9. The first-order chi connectivity index (χ1) is 16.5. The van der Waals surface area contributed by atoms with E-state index in [1.165, 1.54) is 11.8 Å². The molecule has 0 unspecified atom stereocenters. The van der Waals surface area contributed by atoms with Crippen molar-refractivity contribution in [2.45, 2.75) is 45.6 Å². The Kier molecular flexibility index (Phi) is 6.57. The number of carbonyl (C=O) groups excluding carboxylic acids is 1. The molecule has 1 amide bonds. The highest BCUT2D eigenvalue weighted by molar-refractivity contribution is 8.26. The largest absolute Gasteiger partial charge is 0.494 e. The number of aromatic nitrogens is 2. The minimum atomic E-state index is 0.0173. The van der Waals surface area contributed by atoms with E-state index in [4.69, 9.17) is 22.1 Å². The van der Waals surface area contributed by atoms with Crippen molar-refractivity contribution in [2.75, 3.05) is 6.61 Å². The molecule has 5 rings (SSSR count). The van der Waals surface area contributed by atoms with Gasteiger partial charge in [-0.3, -0.25) is 9.69 Å². The van der Waals surface area contributed by atoms with E-state index >= 15 is 0 Å². The van der Waals surface area contributed by atoms with Crippen molar-refractivity contribution in [3.8, 4) is 22.7 Å². The Morgan fingerprint density at radius 2 is 1.94 bits per heavy atom. The molecule has 5 nitrogen and oxygen atoms in total. The van der Waals surface area contributed by atoms with Crippen LogP contribution in [0.15, 0.2) is 59.6 Å². The summed E-state index contributed by atoms with van der Waals surface area (Å²) < 4.78 is 8.20. The Hall–Kier alpha value is -2.90. The summed E-state index contributed by atoms with van der Waals surface area (Å²) in [6.07, 6.45) is 8.32. The lowest BCUT2D eigenvalue weighted by atomic mass is 10.0. The molecule has 174 valence electrons. The molecule has 1 aliphatic heterocycles. The zero-order valence-electron chi connectivity index (χ0n) is 19.4. The molecule has 0 bridgehead atoms. The Bertz CT molecular complexity index is 1260. The summed E-state index contributed by atoms with van der Waals surface area (Å²) in [4.78, 5) is 15.8. The number of ether oxygens (including phenoxy) is 1. The molecule has 2 fully saturated rings. The number of carbonyl (C=O) groups is 1. The van der Waals surface area contributed by atoms with Crippen LogP contribution in [0.4, 0.5) is 0 Å². The number of benzene rings is 2. The number of para-hydroxylation sites is 1. The van der Waals surface area contributed by atoms with Crippen molar-refractivity contribution in [1.29, 1.82) is 0 Å². The maximum Gasteiger partial charge on any atom is 0.266 e. The highest BCUT2D eigenvalue weighted by Crippen LogP contribution is 2.39. The van der Waals surface area contributed by atoms with Crippen LogP contribution in [0.3, 0.4) is 0 Å². The molecule has 7 heteroatoms. The number of thioether (sulfide) groups is 1. The van der Waals surface area contributed by atoms with E-state index in [0.29, 0.717) is 15.8 Å². The van der Waals surface area contributed by atoms with Gasteiger partial charge >= 0.3 is 0 Å². The molecular formula is C27H27N3O2S2. The Labute approximate surface area is 209 Å². The maximum absolute atomic E-state index is 13.3. The average molecular weight is 490 g/mol. The van der Waals surface area contributed by atoms with Gasteiger partial charge in [0.1, 0.15) is 15.8 Å². The molecule has 1 saturated carbocycles. The number of thiocarbonyl (C=S) groups is 1. The Balaban J connectivity index is 1.57. The monoisotopic (exact) mass is 489 g/mol. The first kappa shape index (κ1) is 22.9. The normalized spacial score (nSPS) is 17.8. The minimum Gasteiger partial charge on any atom is -0.494 e.